The van der Waals surface area contributed by atoms with Crippen LogP contribution in [0.3, 0.4) is 0 Å². The molecule has 0 bridgehead atoms. The second-order valence-electron chi connectivity index (χ2n) is 6.39. The summed E-state index contributed by atoms with van der Waals surface area (Å²) in [6.45, 7) is 0. The molecule has 2 aromatic carbocycles. The number of aromatic nitrogens is 5. The lowest BCUT2D eigenvalue weighted by atomic mass is 10.1. The number of ether oxygens (including phenoxy) is 1. The van der Waals surface area contributed by atoms with E-state index in [1.165, 1.54) is 10.9 Å². The normalized spacial score (nSPS) is 11.3. The van der Waals surface area contributed by atoms with E-state index in [4.69, 9.17) is 10.5 Å². The van der Waals surface area contributed by atoms with Crippen LogP contribution in [0.2, 0.25) is 0 Å². The van der Waals surface area contributed by atoms with Crippen LogP contribution in [-0.2, 0) is 0 Å². The van der Waals surface area contributed by atoms with Crippen molar-refractivity contribution < 1.29 is 14.2 Å². The summed E-state index contributed by atoms with van der Waals surface area (Å²) in [6, 6.07) is 16.7. The molecule has 160 valence electrons. The van der Waals surface area contributed by atoms with Gasteiger partial charge in [-0.2, -0.15) is 9.78 Å². The molecule has 2 heterocycles. The number of nitrogens with zero attached hydrogens (tertiary/aromatic N) is 6. The lowest BCUT2D eigenvalue weighted by Gasteiger charge is -2.07. The maximum atomic E-state index is 12.8. The van der Waals surface area contributed by atoms with Crippen LogP contribution < -0.4 is 15.9 Å². The van der Waals surface area contributed by atoms with Crippen molar-refractivity contribution in [1.29, 1.82) is 0 Å². The van der Waals surface area contributed by atoms with Crippen molar-refractivity contribution in [2.45, 2.75) is 0 Å². The van der Waals surface area contributed by atoms with Crippen LogP contribution in [0.25, 0.3) is 23.2 Å². The summed E-state index contributed by atoms with van der Waals surface area (Å²) in [7, 11) is 1.54. The molecule has 3 N–H and O–H groups in total. The van der Waals surface area contributed by atoms with Crippen LogP contribution in [0.5, 0.6) is 5.75 Å². The highest BCUT2D eigenvalue weighted by Gasteiger charge is 2.25. The number of nitrogens with one attached hydrogen (secondary N) is 1. The fourth-order valence-electron chi connectivity index (χ4n) is 2.86. The number of hydrogen-bond acceptors (Lipinski definition) is 9. The van der Waals surface area contributed by atoms with E-state index in [0.717, 1.165) is 5.56 Å². The van der Waals surface area contributed by atoms with Gasteiger partial charge in [-0.25, -0.2) is 10.1 Å². The quantitative estimate of drug-likeness (QED) is 0.335. The van der Waals surface area contributed by atoms with E-state index in [1.54, 1.807) is 37.5 Å². The zero-order chi connectivity index (χ0) is 22.3. The standard InChI is InChI=1S/C21H18N8O3/c1-31-16-11-5-10-15(13-16)18-17(24-28-29(18)20-19(22)26-32-27-20)21(30)25-23-12-6-9-14-7-3-2-4-8-14/h2-13H,1H3,(H2,22,26)(H,25,30)/b9-6+,23-12+. The number of carbonyl (C=O) groups is 1. The molecule has 0 atom stereocenters. The Hall–Kier alpha value is -4.80. The van der Waals surface area contributed by atoms with Gasteiger partial charge in [-0.1, -0.05) is 53.8 Å². The van der Waals surface area contributed by atoms with Crippen LogP contribution in [0.15, 0.2) is 70.4 Å². The Bertz CT molecular complexity index is 1280. The lowest BCUT2D eigenvalue weighted by Crippen LogP contribution is -2.19. The number of allylic oxidation sites excluding steroid dienone is 1. The molecule has 0 saturated heterocycles. The number of rotatable bonds is 7. The number of anilines is 1. The van der Waals surface area contributed by atoms with E-state index >= 15 is 0 Å². The first-order chi connectivity index (χ1) is 15.7. The maximum absolute atomic E-state index is 12.8. The summed E-state index contributed by atoms with van der Waals surface area (Å²) < 4.78 is 11.2. The van der Waals surface area contributed by atoms with Crippen LogP contribution in [-0.4, -0.2) is 44.5 Å². The van der Waals surface area contributed by atoms with Crippen LogP contribution in [0.4, 0.5) is 5.82 Å². The largest absolute Gasteiger partial charge is 0.497 e. The molecule has 0 aliphatic heterocycles. The maximum Gasteiger partial charge on any atom is 0.294 e. The van der Waals surface area contributed by atoms with E-state index in [0.29, 0.717) is 17.0 Å². The molecule has 2 aromatic heterocycles. The molecule has 0 aliphatic rings. The van der Waals surface area contributed by atoms with E-state index in [1.807, 2.05) is 36.4 Å². The molecule has 0 radical (unpaired) electrons. The van der Waals surface area contributed by atoms with Gasteiger partial charge in [0, 0.05) is 11.8 Å². The number of benzene rings is 2. The molecule has 0 fully saturated rings. The van der Waals surface area contributed by atoms with Crippen molar-refractivity contribution in [2.75, 3.05) is 12.8 Å². The van der Waals surface area contributed by atoms with Crippen molar-refractivity contribution in [2.24, 2.45) is 5.10 Å². The zero-order valence-corrected chi connectivity index (χ0v) is 16.9. The highest BCUT2D eigenvalue weighted by molar-refractivity contribution is 5.98. The first kappa shape index (κ1) is 20.5. The van der Waals surface area contributed by atoms with Gasteiger partial charge >= 0.3 is 0 Å². The molecule has 32 heavy (non-hydrogen) atoms. The molecule has 11 heteroatoms. The molecule has 0 aliphatic carbocycles. The minimum absolute atomic E-state index is 0.00448. The minimum atomic E-state index is -0.576. The number of nitrogens with two attached hydrogens (primary N) is 1. The molecule has 0 unspecified atom stereocenters. The summed E-state index contributed by atoms with van der Waals surface area (Å²) in [5.41, 5.74) is 10.2. The first-order valence-corrected chi connectivity index (χ1v) is 9.41. The van der Waals surface area contributed by atoms with Gasteiger partial charge < -0.3 is 10.5 Å². The van der Waals surface area contributed by atoms with E-state index in [2.05, 4.69) is 35.8 Å². The SMILES string of the molecule is COc1cccc(-c2c(C(=O)N/N=C/C=C/c3ccccc3)nnn2-c2nonc2N)c1. The van der Waals surface area contributed by atoms with E-state index < -0.39 is 5.91 Å². The third kappa shape index (κ3) is 4.36. The monoisotopic (exact) mass is 430 g/mol. The Balaban J connectivity index is 1.62. The van der Waals surface area contributed by atoms with Gasteiger partial charge in [-0.3, -0.25) is 4.79 Å². The molecule has 11 nitrogen and oxygen atoms in total. The van der Waals surface area contributed by atoms with Crippen molar-refractivity contribution in [3.63, 3.8) is 0 Å². The third-order valence-corrected chi connectivity index (χ3v) is 4.34. The van der Waals surface area contributed by atoms with Gasteiger partial charge in [0.15, 0.2) is 5.69 Å². The summed E-state index contributed by atoms with van der Waals surface area (Å²) in [5, 5.41) is 19.3. The fourth-order valence-corrected chi connectivity index (χ4v) is 2.86. The number of hydrogen-bond donors (Lipinski definition) is 2. The average Bonchev–Trinajstić information content (AvgIpc) is 3.45. The number of methoxy groups -OCH3 is 1. The zero-order valence-electron chi connectivity index (χ0n) is 16.9. The van der Waals surface area contributed by atoms with Crippen molar-refractivity contribution >= 4 is 24.0 Å². The van der Waals surface area contributed by atoms with Crippen molar-refractivity contribution in [3.8, 4) is 22.8 Å². The number of hydrazone groups is 1. The van der Waals surface area contributed by atoms with Crippen LogP contribution >= 0.6 is 0 Å². The second-order valence-corrected chi connectivity index (χ2v) is 6.39. The first-order valence-electron chi connectivity index (χ1n) is 9.41. The Morgan fingerprint density at radius 2 is 2.03 bits per heavy atom. The van der Waals surface area contributed by atoms with Gasteiger partial charge in [0.25, 0.3) is 5.91 Å². The summed E-state index contributed by atoms with van der Waals surface area (Å²) >= 11 is 0. The number of nitrogen functional groups attached to an aromatic ring is 1. The highest BCUT2D eigenvalue weighted by Crippen LogP contribution is 2.28. The van der Waals surface area contributed by atoms with Gasteiger partial charge in [0.05, 0.1) is 7.11 Å². The third-order valence-electron chi connectivity index (χ3n) is 4.34. The molecule has 0 saturated carbocycles. The topological polar surface area (TPSA) is 146 Å². The van der Waals surface area contributed by atoms with Gasteiger partial charge in [0.1, 0.15) is 11.4 Å². The molecule has 0 spiro atoms. The molecule has 4 rings (SSSR count). The smallest absolute Gasteiger partial charge is 0.294 e. The van der Waals surface area contributed by atoms with Gasteiger partial charge in [0.2, 0.25) is 11.6 Å². The Kier molecular flexibility index (Phi) is 5.98. The average molecular weight is 430 g/mol. The Labute approximate surface area is 182 Å². The van der Waals surface area contributed by atoms with Crippen molar-refractivity contribution in [1.82, 2.24) is 30.7 Å². The van der Waals surface area contributed by atoms with Crippen molar-refractivity contribution in [3.05, 3.63) is 71.9 Å². The molecular weight excluding hydrogens is 412 g/mol. The van der Waals surface area contributed by atoms with Crippen LogP contribution in [0, 0.1) is 0 Å². The summed E-state index contributed by atoms with van der Waals surface area (Å²) in [6.07, 6.45) is 5.02. The fraction of sp³-hybridized carbons (Fsp3) is 0.0476. The molecular formula is C21H18N8O3. The van der Waals surface area contributed by atoms with E-state index in [9.17, 15) is 4.79 Å². The van der Waals surface area contributed by atoms with Gasteiger partial charge in [-0.15, -0.1) is 5.10 Å². The lowest BCUT2D eigenvalue weighted by molar-refractivity contribution is 0.0950. The second kappa shape index (κ2) is 9.34. The van der Waals surface area contributed by atoms with Gasteiger partial charge in [-0.05, 0) is 34.1 Å². The number of carbonyl (C=O) groups excluding carboxylic acids is 1. The Morgan fingerprint density at radius 1 is 1.19 bits per heavy atom. The predicted octanol–water partition coefficient (Wildman–Crippen LogP) is 2.34. The minimum Gasteiger partial charge on any atom is -0.497 e. The van der Waals surface area contributed by atoms with E-state index in [-0.39, 0.29) is 17.3 Å². The predicted molar refractivity (Wildman–Crippen MR) is 117 cm³/mol. The molecule has 4 aromatic rings. The summed E-state index contributed by atoms with van der Waals surface area (Å²) in [4.78, 5) is 12.8. The summed E-state index contributed by atoms with van der Waals surface area (Å²) in [5.74, 6) is 0.101. The molecule has 1 amide bonds. The van der Waals surface area contributed by atoms with Crippen LogP contribution in [0.1, 0.15) is 16.1 Å². The number of amides is 1. The Morgan fingerprint density at radius 3 is 2.78 bits per heavy atom. The highest BCUT2D eigenvalue weighted by atomic mass is 16.6.